The molecular weight excluding hydrogens is 514 g/mol. The number of aliphatic hydroxyl groups is 1. The molecule has 0 aromatic heterocycles. The number of fused-ring (bicyclic) bond motifs is 7. The van der Waals surface area contributed by atoms with Crippen LogP contribution in [0.4, 0.5) is 4.79 Å². The molecule has 2 aliphatic heterocycles. The van der Waals surface area contributed by atoms with Crippen molar-refractivity contribution < 1.29 is 27.9 Å². The smallest absolute Gasteiger partial charge is 0.326 e. The van der Waals surface area contributed by atoms with E-state index in [1.54, 1.807) is 5.01 Å². The first-order valence-corrected chi connectivity index (χ1v) is 16.6. The molecule has 2 saturated heterocycles. The van der Waals surface area contributed by atoms with Crippen molar-refractivity contribution in [2.75, 3.05) is 32.9 Å². The molecule has 6 rings (SSSR count). The summed E-state index contributed by atoms with van der Waals surface area (Å²) in [5.41, 5.74) is 8.52. The van der Waals surface area contributed by atoms with E-state index in [1.807, 2.05) is 0 Å². The number of rotatable bonds is 5. The average molecular weight is 586 g/mol. The Bertz CT molecular complexity index is 917. The van der Waals surface area contributed by atoms with Crippen LogP contribution >= 0.6 is 0 Å². The molecule has 0 aromatic carbocycles. The van der Waals surface area contributed by atoms with Gasteiger partial charge < -0.3 is 20.3 Å². The van der Waals surface area contributed by atoms with Gasteiger partial charge in [0.2, 0.25) is 0 Å². The van der Waals surface area contributed by atoms with Crippen molar-refractivity contribution in [1.82, 2.24) is 10.4 Å². The van der Waals surface area contributed by atoms with Crippen LogP contribution in [-0.4, -0.2) is 55.2 Å². The third-order valence-corrected chi connectivity index (χ3v) is 12.1. The monoisotopic (exact) mass is 586 g/mol. The van der Waals surface area contributed by atoms with Gasteiger partial charge >= 0.3 is 6.03 Å². The zero-order chi connectivity index (χ0) is 29.6. The Kier molecular flexibility index (Phi) is 11.3. The zero-order valence-corrected chi connectivity index (χ0v) is 26.3. The highest BCUT2D eigenvalue weighted by Gasteiger charge is 2.63. The first kappa shape index (κ1) is 32.3. The Balaban J connectivity index is -0.000000935. The Labute approximate surface area is 258 Å². The van der Waals surface area contributed by atoms with Gasteiger partial charge in [-0.15, -0.1) is 13.2 Å². The van der Waals surface area contributed by atoms with Crippen LogP contribution in [0.1, 0.15) is 106 Å². The Hall–Kier alpha value is -1.57. The van der Waals surface area contributed by atoms with E-state index in [-0.39, 0.29) is 8.56 Å². The highest BCUT2D eigenvalue weighted by atomic mass is 16.5. The van der Waals surface area contributed by atoms with Gasteiger partial charge in [-0.2, -0.15) is 0 Å². The van der Waals surface area contributed by atoms with E-state index in [9.17, 15) is 9.90 Å². The molecule has 246 valence electrons. The maximum absolute atomic E-state index is 10.3. The number of carbonyl (C=O) groups is 1. The number of hydrogen-bond donors (Lipinski definition) is 3. The highest BCUT2D eigenvalue weighted by molar-refractivity contribution is 5.70. The van der Waals surface area contributed by atoms with Crippen molar-refractivity contribution >= 4 is 6.03 Å². The molecule has 2 amide bonds. The Morgan fingerprint density at radius 3 is 2.59 bits per heavy atom. The van der Waals surface area contributed by atoms with E-state index < -0.39 is 6.03 Å². The number of allylic oxidation sites excluding steroid dienone is 2. The molecule has 6 fully saturated rings. The molecule has 7 nitrogen and oxygen atoms in total. The molecule has 4 saturated carbocycles. The quantitative estimate of drug-likeness (QED) is 0.285. The lowest BCUT2D eigenvalue weighted by Gasteiger charge is -2.60. The van der Waals surface area contributed by atoms with E-state index in [4.69, 9.17) is 15.2 Å². The minimum Gasteiger partial charge on any atom is -0.495 e. The minimum absolute atomic E-state index is 0. The molecule has 4 N–H and O–H groups in total. The number of amides is 2. The molecule has 0 radical (unpaired) electrons. The molecule has 2 heterocycles. The standard InChI is InChI=1S/C27H44O2.C5H11N3O2.C2H4.6H2/c1-18(17-28)7-6-9-20-15-24-25(29-20)16-23-21-11-10-19-8-4-5-13-26(19,2)22(21)12-14-27(23,24)3;6-5(9)7-8-1-3-10-4-2-8;1-2;;;;;;/h9,18-19,21-25,28H,4-8,10-17H2,1-3H3;1-4H2,(H3,6,7,9);1-2H2;6*1H/t18?,19-,21+,22?,23?,24?,25?,26-,27-;;;;;;;;/m0......../s1. The molecule has 0 aromatic rings. The number of nitrogens with zero attached hydrogens (tertiary/aromatic N) is 1. The number of hydrogen-bond acceptors (Lipinski definition) is 5. The van der Waals surface area contributed by atoms with E-state index in [0.29, 0.717) is 55.8 Å². The van der Waals surface area contributed by atoms with Gasteiger partial charge in [0.05, 0.1) is 19.0 Å². The predicted molar refractivity (Wildman–Crippen MR) is 177 cm³/mol. The van der Waals surface area contributed by atoms with Crippen LogP contribution in [0.2, 0.25) is 0 Å². The number of hydrazine groups is 1. The predicted octanol–water partition coefficient (Wildman–Crippen LogP) is 7.91. The van der Waals surface area contributed by atoms with Gasteiger partial charge in [0.1, 0.15) is 6.10 Å². The lowest BCUT2D eigenvalue weighted by Crippen LogP contribution is -2.52. The van der Waals surface area contributed by atoms with Crippen LogP contribution < -0.4 is 11.2 Å². The summed E-state index contributed by atoms with van der Waals surface area (Å²) in [4.78, 5) is 10.3. The fourth-order valence-electron chi connectivity index (χ4n) is 9.92. The lowest BCUT2D eigenvalue weighted by molar-refractivity contribution is -0.110. The topological polar surface area (TPSA) is 97.1 Å². The van der Waals surface area contributed by atoms with Gasteiger partial charge in [-0.05, 0) is 104 Å². The summed E-state index contributed by atoms with van der Waals surface area (Å²) in [7, 11) is 0. The van der Waals surface area contributed by atoms with E-state index in [1.165, 1.54) is 70.0 Å². The number of ether oxygens (including phenoxy) is 2. The van der Waals surface area contributed by atoms with E-state index in [2.05, 4.69) is 45.4 Å². The zero-order valence-electron chi connectivity index (χ0n) is 26.3. The van der Waals surface area contributed by atoms with Crippen LogP contribution in [0, 0.1) is 46.3 Å². The molecule has 0 bridgehead atoms. The van der Waals surface area contributed by atoms with Gasteiger partial charge in [-0.3, -0.25) is 5.43 Å². The lowest BCUT2D eigenvalue weighted by atomic mass is 9.45. The number of carbonyl (C=O) groups excluding carboxylic acids is 1. The molecule has 41 heavy (non-hydrogen) atoms. The third kappa shape index (κ3) is 6.99. The fraction of sp³-hybridized carbons (Fsp3) is 0.853. The maximum Gasteiger partial charge on any atom is 0.326 e. The summed E-state index contributed by atoms with van der Waals surface area (Å²) >= 11 is 0. The highest BCUT2D eigenvalue weighted by Crippen LogP contribution is 2.69. The molecule has 0 spiro atoms. The molecule has 9 atom stereocenters. The summed E-state index contributed by atoms with van der Waals surface area (Å²) in [6.45, 7) is 16.5. The second-order valence-corrected chi connectivity index (χ2v) is 14.3. The summed E-state index contributed by atoms with van der Waals surface area (Å²) in [6.07, 6.45) is 19.4. The van der Waals surface area contributed by atoms with Crippen LogP contribution in [0.3, 0.4) is 0 Å². The van der Waals surface area contributed by atoms with Crippen LogP contribution in [-0.2, 0) is 9.47 Å². The van der Waals surface area contributed by atoms with Crippen molar-refractivity contribution in [3.8, 4) is 0 Å². The third-order valence-electron chi connectivity index (χ3n) is 12.1. The van der Waals surface area contributed by atoms with Gasteiger partial charge in [-0.25, -0.2) is 9.80 Å². The fourth-order valence-corrected chi connectivity index (χ4v) is 9.92. The largest absolute Gasteiger partial charge is 0.495 e. The van der Waals surface area contributed by atoms with Gasteiger partial charge in [0.15, 0.2) is 0 Å². The number of urea groups is 1. The first-order chi connectivity index (χ1) is 19.7. The van der Waals surface area contributed by atoms with Crippen molar-refractivity contribution in [2.45, 2.75) is 104 Å². The first-order valence-electron chi connectivity index (χ1n) is 16.6. The van der Waals surface area contributed by atoms with Crippen LogP contribution in [0.25, 0.3) is 0 Å². The van der Waals surface area contributed by atoms with Crippen molar-refractivity contribution in [3.63, 3.8) is 0 Å². The molecule has 7 heteroatoms. The van der Waals surface area contributed by atoms with Crippen LogP contribution in [0.15, 0.2) is 25.0 Å². The summed E-state index contributed by atoms with van der Waals surface area (Å²) in [6, 6.07) is -0.512. The van der Waals surface area contributed by atoms with Crippen molar-refractivity contribution in [3.05, 3.63) is 25.0 Å². The summed E-state index contributed by atoms with van der Waals surface area (Å²) in [5.74, 6) is 6.33. The second-order valence-electron chi connectivity index (χ2n) is 14.3. The van der Waals surface area contributed by atoms with Gasteiger partial charge in [0, 0.05) is 40.6 Å². The Morgan fingerprint density at radius 1 is 1.12 bits per heavy atom. The minimum atomic E-state index is -0.512. The second kappa shape index (κ2) is 14.3. The normalized spacial score (nSPS) is 41.1. The van der Waals surface area contributed by atoms with E-state index in [0.717, 1.165) is 42.4 Å². The maximum atomic E-state index is 10.3. The van der Waals surface area contributed by atoms with Crippen molar-refractivity contribution in [2.24, 2.45) is 52.1 Å². The number of nitrogens with two attached hydrogens (primary N) is 1. The Morgan fingerprint density at radius 2 is 1.88 bits per heavy atom. The number of primary amides is 1. The summed E-state index contributed by atoms with van der Waals surface area (Å²) < 4.78 is 11.6. The van der Waals surface area contributed by atoms with E-state index >= 15 is 0 Å². The van der Waals surface area contributed by atoms with Crippen LogP contribution in [0.5, 0.6) is 0 Å². The number of morpholine rings is 1. The number of nitrogens with one attached hydrogen (secondary N) is 1. The SMILES string of the molecule is C=C.CC(CO)CCC=C1CC2C(CC3[C@@H]4CC[C@@H]5CCCC[C@]5(C)C4CC[C@]23C)O1.NC(=O)NN1CCOCC1.[HH].[HH].[HH].[HH].[HH].[HH]. The molecule has 5 unspecified atom stereocenters. The average Bonchev–Trinajstić information content (AvgIpc) is 3.50. The van der Waals surface area contributed by atoms with Gasteiger partial charge in [0.25, 0.3) is 0 Å². The van der Waals surface area contributed by atoms with Crippen molar-refractivity contribution in [1.29, 1.82) is 0 Å². The number of aliphatic hydroxyl groups excluding tert-OH is 1. The molecule has 6 aliphatic rings. The summed E-state index contributed by atoms with van der Waals surface area (Å²) in [5, 5.41) is 11.0. The molecular formula is C34H71N3O4. The van der Waals surface area contributed by atoms with Gasteiger partial charge in [-0.1, -0.05) is 33.6 Å². The molecule has 4 aliphatic carbocycles.